The van der Waals surface area contributed by atoms with Gasteiger partial charge in [-0.15, -0.1) is 0 Å². The number of nitro groups is 1. The normalized spacial score (nSPS) is 11.6. The Kier molecular flexibility index (Phi) is 3.95. The van der Waals surface area contributed by atoms with Crippen molar-refractivity contribution in [3.8, 4) is 0 Å². The minimum absolute atomic E-state index is 0.167. The van der Waals surface area contributed by atoms with Gasteiger partial charge in [-0.05, 0) is 5.56 Å². The molecule has 1 atom stereocenters. The standard InChI is InChI=1S/C11H11NO5/c1-7(11(14)17-2)10(13)8-4-3-5-9(6-8)12(15)16/h3-6,10,13H,1H2,2H3/t10-/m0/s1. The zero-order valence-corrected chi connectivity index (χ0v) is 9.12. The van der Waals surface area contributed by atoms with Gasteiger partial charge in [-0.2, -0.15) is 0 Å². The zero-order chi connectivity index (χ0) is 13.0. The van der Waals surface area contributed by atoms with E-state index < -0.39 is 17.0 Å². The number of non-ortho nitro benzene ring substituents is 1. The fourth-order valence-electron chi connectivity index (χ4n) is 1.25. The fraction of sp³-hybridized carbons (Fsp3) is 0.182. The van der Waals surface area contributed by atoms with Gasteiger partial charge >= 0.3 is 5.97 Å². The second-order valence-corrected chi connectivity index (χ2v) is 3.27. The topological polar surface area (TPSA) is 89.7 Å². The Bertz CT molecular complexity index is 469. The first-order chi connectivity index (χ1) is 7.97. The molecule has 0 saturated heterocycles. The zero-order valence-electron chi connectivity index (χ0n) is 9.12. The summed E-state index contributed by atoms with van der Waals surface area (Å²) in [5, 5.41) is 20.3. The lowest BCUT2D eigenvalue weighted by Gasteiger charge is -2.11. The number of carbonyl (C=O) groups excluding carboxylic acids is 1. The molecule has 0 saturated carbocycles. The Labute approximate surface area is 97.3 Å². The molecule has 6 nitrogen and oxygen atoms in total. The molecule has 17 heavy (non-hydrogen) atoms. The van der Waals surface area contributed by atoms with Crippen LogP contribution >= 0.6 is 0 Å². The molecule has 90 valence electrons. The van der Waals surface area contributed by atoms with E-state index in [2.05, 4.69) is 11.3 Å². The molecule has 0 aliphatic rings. The number of ether oxygens (including phenoxy) is 1. The van der Waals surface area contributed by atoms with Crippen molar-refractivity contribution in [3.05, 3.63) is 52.1 Å². The molecule has 0 aromatic heterocycles. The van der Waals surface area contributed by atoms with Crippen molar-refractivity contribution in [2.75, 3.05) is 7.11 Å². The second kappa shape index (κ2) is 5.22. The Morgan fingerprint density at radius 3 is 2.76 bits per heavy atom. The Hall–Kier alpha value is -2.21. The maximum atomic E-state index is 11.1. The number of hydrogen-bond donors (Lipinski definition) is 1. The number of rotatable bonds is 4. The van der Waals surface area contributed by atoms with Crippen molar-refractivity contribution in [2.45, 2.75) is 6.10 Å². The van der Waals surface area contributed by atoms with E-state index in [9.17, 15) is 20.0 Å². The molecule has 0 bridgehead atoms. The summed E-state index contributed by atoms with van der Waals surface area (Å²) in [6.45, 7) is 3.38. The number of benzene rings is 1. The van der Waals surface area contributed by atoms with Gasteiger partial charge in [-0.3, -0.25) is 10.1 Å². The van der Waals surface area contributed by atoms with Crippen LogP contribution in [0.5, 0.6) is 0 Å². The third-order valence-electron chi connectivity index (χ3n) is 2.17. The summed E-state index contributed by atoms with van der Waals surface area (Å²) in [6.07, 6.45) is -1.32. The van der Waals surface area contributed by atoms with Gasteiger partial charge in [0, 0.05) is 12.1 Å². The highest BCUT2D eigenvalue weighted by molar-refractivity contribution is 5.89. The first-order valence-electron chi connectivity index (χ1n) is 4.67. The van der Waals surface area contributed by atoms with Gasteiger partial charge in [0.05, 0.1) is 17.6 Å². The maximum Gasteiger partial charge on any atom is 0.336 e. The number of nitro benzene ring substituents is 1. The minimum atomic E-state index is -1.32. The van der Waals surface area contributed by atoms with E-state index in [1.54, 1.807) is 0 Å². The molecule has 0 aliphatic heterocycles. The molecule has 0 amide bonds. The largest absolute Gasteiger partial charge is 0.466 e. The Morgan fingerprint density at radius 2 is 2.24 bits per heavy atom. The number of aliphatic hydroxyl groups is 1. The monoisotopic (exact) mass is 237 g/mol. The molecule has 1 N–H and O–H groups in total. The number of methoxy groups -OCH3 is 1. The van der Waals surface area contributed by atoms with Gasteiger partial charge in [0.1, 0.15) is 6.10 Å². The van der Waals surface area contributed by atoms with Gasteiger partial charge in [0.2, 0.25) is 0 Å². The molecule has 1 rings (SSSR count). The van der Waals surface area contributed by atoms with Crippen LogP contribution < -0.4 is 0 Å². The van der Waals surface area contributed by atoms with Gasteiger partial charge in [-0.25, -0.2) is 4.79 Å². The van der Waals surface area contributed by atoms with E-state index in [-0.39, 0.29) is 16.8 Å². The second-order valence-electron chi connectivity index (χ2n) is 3.27. The van der Waals surface area contributed by atoms with Gasteiger partial charge in [0.15, 0.2) is 0 Å². The van der Waals surface area contributed by atoms with Crippen LogP contribution in [0.3, 0.4) is 0 Å². The van der Waals surface area contributed by atoms with Crippen molar-refractivity contribution < 1.29 is 19.6 Å². The first kappa shape index (κ1) is 12.9. The number of carbonyl (C=O) groups is 1. The number of esters is 1. The summed E-state index contributed by atoms with van der Waals surface area (Å²) in [7, 11) is 1.16. The molecule has 6 heteroatoms. The van der Waals surface area contributed by atoms with Crippen LogP contribution in [0.1, 0.15) is 11.7 Å². The van der Waals surface area contributed by atoms with E-state index in [1.165, 1.54) is 24.3 Å². The van der Waals surface area contributed by atoms with Crippen molar-refractivity contribution in [1.82, 2.24) is 0 Å². The van der Waals surface area contributed by atoms with Crippen molar-refractivity contribution in [1.29, 1.82) is 0 Å². The smallest absolute Gasteiger partial charge is 0.336 e. The van der Waals surface area contributed by atoms with Crippen LogP contribution in [0.2, 0.25) is 0 Å². The highest BCUT2D eigenvalue weighted by Gasteiger charge is 2.20. The van der Waals surface area contributed by atoms with Crippen LogP contribution in [0.15, 0.2) is 36.4 Å². The lowest BCUT2D eigenvalue weighted by Crippen LogP contribution is -2.12. The summed E-state index contributed by atoms with van der Waals surface area (Å²) in [5.74, 6) is -0.760. The first-order valence-corrected chi connectivity index (χ1v) is 4.67. The van der Waals surface area contributed by atoms with Crippen molar-refractivity contribution in [2.24, 2.45) is 0 Å². The summed E-state index contributed by atoms with van der Waals surface area (Å²) in [5.41, 5.74) is -0.123. The molecule has 0 fully saturated rings. The van der Waals surface area contributed by atoms with Crippen LogP contribution in [0, 0.1) is 10.1 Å². The van der Waals surface area contributed by atoms with Crippen LogP contribution in [-0.2, 0) is 9.53 Å². The minimum Gasteiger partial charge on any atom is -0.466 e. The predicted octanol–water partition coefficient (Wildman–Crippen LogP) is 1.36. The fourth-order valence-corrected chi connectivity index (χ4v) is 1.25. The van der Waals surface area contributed by atoms with Crippen molar-refractivity contribution in [3.63, 3.8) is 0 Å². The van der Waals surface area contributed by atoms with Crippen LogP contribution in [0.4, 0.5) is 5.69 Å². The highest BCUT2D eigenvalue weighted by Crippen LogP contribution is 2.24. The molecule has 0 spiro atoms. The molecule has 0 aliphatic carbocycles. The van der Waals surface area contributed by atoms with E-state index in [4.69, 9.17) is 0 Å². The molecule has 0 unspecified atom stereocenters. The van der Waals surface area contributed by atoms with Gasteiger partial charge in [0.25, 0.3) is 5.69 Å². The third-order valence-corrected chi connectivity index (χ3v) is 2.17. The Balaban J connectivity index is 3.00. The number of aliphatic hydroxyl groups excluding tert-OH is 1. The molecular formula is C11H11NO5. The van der Waals surface area contributed by atoms with E-state index in [1.807, 2.05) is 0 Å². The molecule has 0 radical (unpaired) electrons. The van der Waals surface area contributed by atoms with E-state index in [0.29, 0.717) is 0 Å². The summed E-state index contributed by atoms with van der Waals surface area (Å²) >= 11 is 0. The average Bonchev–Trinajstić information content (AvgIpc) is 2.36. The van der Waals surface area contributed by atoms with Gasteiger partial charge in [-0.1, -0.05) is 18.7 Å². The van der Waals surface area contributed by atoms with Crippen LogP contribution in [0.25, 0.3) is 0 Å². The summed E-state index contributed by atoms with van der Waals surface area (Å²) in [6, 6.07) is 5.35. The summed E-state index contributed by atoms with van der Waals surface area (Å²) in [4.78, 5) is 21.1. The predicted molar refractivity (Wildman–Crippen MR) is 59.2 cm³/mol. The molecule has 0 heterocycles. The highest BCUT2D eigenvalue weighted by atomic mass is 16.6. The average molecular weight is 237 g/mol. The molecule has 1 aromatic carbocycles. The molecule has 1 aromatic rings. The number of nitrogens with zero attached hydrogens (tertiary/aromatic N) is 1. The van der Waals surface area contributed by atoms with Gasteiger partial charge < -0.3 is 9.84 Å². The van der Waals surface area contributed by atoms with E-state index in [0.717, 1.165) is 7.11 Å². The quantitative estimate of drug-likeness (QED) is 0.369. The molecular weight excluding hydrogens is 226 g/mol. The van der Waals surface area contributed by atoms with E-state index >= 15 is 0 Å². The lowest BCUT2D eigenvalue weighted by atomic mass is 10.0. The maximum absolute atomic E-state index is 11.1. The lowest BCUT2D eigenvalue weighted by molar-refractivity contribution is -0.385. The number of hydrogen-bond acceptors (Lipinski definition) is 5. The van der Waals surface area contributed by atoms with Crippen LogP contribution in [-0.4, -0.2) is 23.1 Å². The SMILES string of the molecule is C=C(C(=O)OC)[C@H](O)c1cccc([N+](=O)[O-])c1. The summed E-state index contributed by atoms with van der Waals surface area (Å²) < 4.78 is 4.40. The Morgan fingerprint density at radius 1 is 1.59 bits per heavy atom. The van der Waals surface area contributed by atoms with Crippen molar-refractivity contribution >= 4 is 11.7 Å². The third kappa shape index (κ3) is 2.88.